The maximum atomic E-state index is 5.64. The lowest BCUT2D eigenvalue weighted by atomic mass is 10.0. The highest BCUT2D eigenvalue weighted by atomic mass is 35.5. The van der Waals surface area contributed by atoms with Gasteiger partial charge in [-0.1, -0.05) is 24.3 Å². The van der Waals surface area contributed by atoms with E-state index in [0.29, 0.717) is 12.3 Å². The zero-order valence-corrected chi connectivity index (χ0v) is 10.7. The van der Waals surface area contributed by atoms with Crippen molar-refractivity contribution in [2.45, 2.75) is 26.2 Å². The molecule has 1 heterocycles. The smallest absolute Gasteiger partial charge is 0.195 e. The molecule has 0 aliphatic heterocycles. The van der Waals surface area contributed by atoms with E-state index in [0.717, 1.165) is 24.5 Å². The number of hydrogen-bond acceptors (Lipinski definition) is 2. The monoisotopic (exact) mass is 249 g/mol. The van der Waals surface area contributed by atoms with Crippen LogP contribution in [-0.2, 0) is 19.3 Å². The van der Waals surface area contributed by atoms with E-state index in [9.17, 15) is 0 Å². The summed E-state index contributed by atoms with van der Waals surface area (Å²) in [5.74, 6) is 2.23. The quantitative estimate of drug-likeness (QED) is 0.758. The number of halogens is 1. The lowest BCUT2D eigenvalue weighted by Gasteiger charge is -2.03. The Kier molecular flexibility index (Phi) is 4.21. The van der Waals surface area contributed by atoms with E-state index in [1.807, 2.05) is 0 Å². The van der Waals surface area contributed by atoms with E-state index in [-0.39, 0.29) is 0 Å². The molecule has 0 fully saturated rings. The molecular weight excluding hydrogens is 234 g/mol. The fraction of sp³-hybridized carbons (Fsp3) is 0.357. The van der Waals surface area contributed by atoms with Gasteiger partial charge < -0.3 is 4.42 Å². The molecule has 0 N–H and O–H groups in total. The molecule has 0 bridgehead atoms. The number of aryl methyl sites for hydroxylation is 4. The van der Waals surface area contributed by atoms with Gasteiger partial charge in [-0.25, -0.2) is 4.98 Å². The molecule has 90 valence electrons. The van der Waals surface area contributed by atoms with Gasteiger partial charge in [-0.05, 0) is 24.5 Å². The summed E-state index contributed by atoms with van der Waals surface area (Å²) in [4.78, 5) is 4.19. The van der Waals surface area contributed by atoms with Crippen LogP contribution in [0.15, 0.2) is 34.9 Å². The van der Waals surface area contributed by atoms with Gasteiger partial charge >= 0.3 is 0 Å². The van der Waals surface area contributed by atoms with E-state index in [4.69, 9.17) is 16.0 Å². The number of benzene rings is 1. The summed E-state index contributed by atoms with van der Waals surface area (Å²) in [6.45, 7) is 2.13. The number of rotatable bonds is 5. The van der Waals surface area contributed by atoms with Crippen molar-refractivity contribution in [3.8, 4) is 0 Å². The molecule has 2 nitrogen and oxygen atoms in total. The van der Waals surface area contributed by atoms with Crippen LogP contribution in [-0.4, -0.2) is 10.9 Å². The molecule has 0 aliphatic carbocycles. The van der Waals surface area contributed by atoms with Gasteiger partial charge in [-0.3, -0.25) is 0 Å². The molecule has 0 aliphatic rings. The van der Waals surface area contributed by atoms with Gasteiger partial charge in [0, 0.05) is 18.7 Å². The first-order chi connectivity index (χ1) is 8.29. The zero-order chi connectivity index (χ0) is 12.1. The summed E-state index contributed by atoms with van der Waals surface area (Å²) in [6.07, 6.45) is 4.38. The largest absolute Gasteiger partial charge is 0.446 e. The molecule has 0 amide bonds. The predicted molar refractivity (Wildman–Crippen MR) is 69.5 cm³/mol. The summed E-state index contributed by atoms with van der Waals surface area (Å²) < 4.78 is 5.59. The topological polar surface area (TPSA) is 26.0 Å². The van der Waals surface area contributed by atoms with Gasteiger partial charge in [0.25, 0.3) is 0 Å². The van der Waals surface area contributed by atoms with Crippen LogP contribution in [0, 0.1) is 6.92 Å². The third-order valence-corrected chi connectivity index (χ3v) is 3.00. The van der Waals surface area contributed by atoms with Crippen molar-refractivity contribution in [1.82, 2.24) is 4.98 Å². The fourth-order valence-electron chi connectivity index (χ4n) is 1.81. The first-order valence-electron chi connectivity index (χ1n) is 5.83. The van der Waals surface area contributed by atoms with Crippen molar-refractivity contribution in [3.05, 3.63) is 53.2 Å². The minimum Gasteiger partial charge on any atom is -0.446 e. The summed E-state index contributed by atoms with van der Waals surface area (Å²) in [5.41, 5.74) is 2.69. The molecule has 0 atom stereocenters. The van der Waals surface area contributed by atoms with E-state index < -0.39 is 0 Å². The Bertz CT molecular complexity index is 479. The first-order valence-corrected chi connectivity index (χ1v) is 6.37. The Morgan fingerprint density at radius 2 is 2.00 bits per heavy atom. The molecule has 2 aromatic rings. The second-order valence-corrected chi connectivity index (χ2v) is 4.46. The second-order valence-electron chi connectivity index (χ2n) is 4.09. The van der Waals surface area contributed by atoms with Crippen LogP contribution < -0.4 is 0 Å². The molecule has 2 rings (SSSR count). The van der Waals surface area contributed by atoms with Gasteiger partial charge in [0.2, 0.25) is 0 Å². The minimum atomic E-state index is 0.553. The molecular formula is C14H16ClNO. The highest BCUT2D eigenvalue weighted by Gasteiger charge is 2.04. The highest BCUT2D eigenvalue weighted by Crippen LogP contribution is 2.12. The van der Waals surface area contributed by atoms with E-state index in [2.05, 4.69) is 36.2 Å². The van der Waals surface area contributed by atoms with Crippen LogP contribution in [0.1, 0.15) is 22.8 Å². The lowest BCUT2D eigenvalue weighted by Crippen LogP contribution is -1.92. The molecule has 0 spiro atoms. The van der Waals surface area contributed by atoms with Crippen LogP contribution >= 0.6 is 11.6 Å². The molecule has 17 heavy (non-hydrogen) atoms. The maximum absolute atomic E-state index is 5.64. The lowest BCUT2D eigenvalue weighted by molar-refractivity contribution is 0.459. The number of oxazole rings is 1. The van der Waals surface area contributed by atoms with Crippen LogP contribution in [0.5, 0.6) is 0 Å². The van der Waals surface area contributed by atoms with Crippen molar-refractivity contribution in [3.63, 3.8) is 0 Å². The minimum absolute atomic E-state index is 0.553. The van der Waals surface area contributed by atoms with E-state index in [1.165, 1.54) is 11.1 Å². The van der Waals surface area contributed by atoms with Crippen molar-refractivity contribution in [1.29, 1.82) is 0 Å². The molecule has 0 radical (unpaired) electrons. The standard InChI is InChI=1S/C14H16ClNO/c1-11-4-2-3-5-12(11)6-7-13-10-16-14(17-13)8-9-15/h2-5,10H,6-9H2,1H3. The third-order valence-electron chi connectivity index (χ3n) is 2.81. The summed E-state index contributed by atoms with van der Waals surface area (Å²) >= 11 is 5.64. The van der Waals surface area contributed by atoms with Crippen LogP contribution in [0.4, 0.5) is 0 Å². The molecule has 1 aromatic carbocycles. The van der Waals surface area contributed by atoms with Gasteiger partial charge in [0.1, 0.15) is 5.76 Å². The maximum Gasteiger partial charge on any atom is 0.195 e. The number of aromatic nitrogens is 1. The van der Waals surface area contributed by atoms with Gasteiger partial charge in [-0.15, -0.1) is 11.6 Å². The predicted octanol–water partition coefficient (Wildman–Crippen LogP) is 3.55. The number of hydrogen-bond donors (Lipinski definition) is 0. The highest BCUT2D eigenvalue weighted by molar-refractivity contribution is 6.17. The summed E-state index contributed by atoms with van der Waals surface area (Å²) in [5, 5.41) is 0. The fourth-order valence-corrected chi connectivity index (χ4v) is 1.97. The zero-order valence-electron chi connectivity index (χ0n) is 9.95. The number of alkyl halides is 1. The molecule has 0 saturated heterocycles. The number of nitrogens with zero attached hydrogens (tertiary/aromatic N) is 1. The Balaban J connectivity index is 1.95. The van der Waals surface area contributed by atoms with E-state index >= 15 is 0 Å². The van der Waals surface area contributed by atoms with Crippen molar-refractivity contribution in [2.24, 2.45) is 0 Å². The molecule has 1 aromatic heterocycles. The van der Waals surface area contributed by atoms with Crippen molar-refractivity contribution < 1.29 is 4.42 Å². The van der Waals surface area contributed by atoms with Crippen molar-refractivity contribution in [2.75, 3.05) is 5.88 Å². The van der Waals surface area contributed by atoms with E-state index in [1.54, 1.807) is 6.20 Å². The van der Waals surface area contributed by atoms with Crippen molar-refractivity contribution >= 4 is 11.6 Å². The van der Waals surface area contributed by atoms with Gasteiger partial charge in [0.05, 0.1) is 6.20 Å². The Hall–Kier alpha value is -1.28. The third kappa shape index (κ3) is 3.34. The Morgan fingerprint density at radius 3 is 2.76 bits per heavy atom. The Labute approximate surface area is 107 Å². The van der Waals surface area contributed by atoms with Crippen LogP contribution in [0.3, 0.4) is 0 Å². The average Bonchev–Trinajstić information content (AvgIpc) is 2.76. The summed E-state index contributed by atoms with van der Waals surface area (Å²) in [6, 6.07) is 8.42. The van der Waals surface area contributed by atoms with Gasteiger partial charge in [0.15, 0.2) is 5.89 Å². The Morgan fingerprint density at radius 1 is 1.18 bits per heavy atom. The average molecular weight is 250 g/mol. The molecule has 0 unspecified atom stereocenters. The summed E-state index contributed by atoms with van der Waals surface area (Å²) in [7, 11) is 0. The molecule has 0 saturated carbocycles. The van der Waals surface area contributed by atoms with Crippen LogP contribution in [0.25, 0.3) is 0 Å². The van der Waals surface area contributed by atoms with Gasteiger partial charge in [-0.2, -0.15) is 0 Å². The second kappa shape index (κ2) is 5.87. The molecule has 3 heteroatoms. The van der Waals surface area contributed by atoms with Crippen LogP contribution in [0.2, 0.25) is 0 Å². The first kappa shape index (κ1) is 12.2. The SMILES string of the molecule is Cc1ccccc1CCc1cnc(CCCl)o1. The normalized spacial score (nSPS) is 10.7.